The number of imide groups is 1. The van der Waals surface area contributed by atoms with E-state index >= 15 is 0 Å². The number of carbonyl (C=O) groups is 2. The number of benzene rings is 2. The molecule has 0 unspecified atom stereocenters. The van der Waals surface area contributed by atoms with Crippen LogP contribution in [-0.4, -0.2) is 48.6 Å². The van der Waals surface area contributed by atoms with E-state index in [1.165, 1.54) is 4.90 Å². The first kappa shape index (κ1) is 21.6. The zero-order chi connectivity index (χ0) is 21.8. The Balaban J connectivity index is 2.04. The molecule has 2 amide bonds. The van der Waals surface area contributed by atoms with Gasteiger partial charge in [-0.3, -0.25) is 9.59 Å². The van der Waals surface area contributed by atoms with Gasteiger partial charge in [-0.05, 0) is 48.2 Å². The topological polar surface area (TPSA) is 70.1 Å². The van der Waals surface area contributed by atoms with Gasteiger partial charge in [0.2, 0.25) is 0 Å². The number of ether oxygens (including phenoxy) is 1. The summed E-state index contributed by atoms with van der Waals surface area (Å²) in [6, 6.07) is 14.6. The zero-order valence-electron chi connectivity index (χ0n) is 17.9. The Morgan fingerprint density at radius 2 is 1.63 bits per heavy atom. The maximum absolute atomic E-state index is 13.4. The largest absolute Gasteiger partial charge is 0.494 e. The maximum Gasteiger partial charge on any atom is 0.282 e. The van der Waals surface area contributed by atoms with E-state index in [2.05, 4.69) is 13.8 Å². The molecule has 1 N–H and O–H groups in total. The van der Waals surface area contributed by atoms with E-state index in [0.29, 0.717) is 35.1 Å². The summed E-state index contributed by atoms with van der Waals surface area (Å²) in [5, 5.41) is 9.38. The number of carbonyl (C=O) groups excluding carboxylic acids is 2. The van der Waals surface area contributed by atoms with Crippen LogP contribution in [0.15, 0.2) is 54.2 Å². The highest BCUT2D eigenvalue weighted by Crippen LogP contribution is 2.35. The number of aliphatic hydroxyl groups is 1. The second-order valence-electron chi connectivity index (χ2n) is 7.52. The summed E-state index contributed by atoms with van der Waals surface area (Å²) in [6.45, 7) is 6.75. The average Bonchev–Trinajstić information content (AvgIpc) is 2.99. The van der Waals surface area contributed by atoms with Crippen LogP contribution in [-0.2, 0) is 9.59 Å². The standard InChI is InChI=1S/C24H28N2O4/c1-5-30-20-12-8-18(9-13-20)21-22(25(4)14-15-27)24(29)26(23(21)28)19-10-6-17(7-11-19)16(2)3/h6-13,16,27H,5,14-15H2,1-4H3. The van der Waals surface area contributed by atoms with E-state index in [4.69, 9.17) is 4.74 Å². The Morgan fingerprint density at radius 3 is 2.17 bits per heavy atom. The summed E-state index contributed by atoms with van der Waals surface area (Å²) in [6.07, 6.45) is 0. The maximum atomic E-state index is 13.4. The fraction of sp³-hybridized carbons (Fsp3) is 0.333. The highest BCUT2D eigenvalue weighted by molar-refractivity contribution is 6.45. The first-order valence-corrected chi connectivity index (χ1v) is 10.2. The Morgan fingerprint density at radius 1 is 1.00 bits per heavy atom. The number of hydrogen-bond donors (Lipinski definition) is 1. The van der Waals surface area contributed by atoms with E-state index in [9.17, 15) is 14.7 Å². The van der Waals surface area contributed by atoms with Gasteiger partial charge < -0.3 is 14.7 Å². The second kappa shape index (κ2) is 9.13. The number of aliphatic hydroxyl groups excluding tert-OH is 1. The molecule has 3 rings (SSSR count). The minimum absolute atomic E-state index is 0.124. The van der Waals surface area contributed by atoms with Gasteiger partial charge >= 0.3 is 0 Å². The van der Waals surface area contributed by atoms with Crippen LogP contribution in [0, 0.1) is 0 Å². The van der Waals surface area contributed by atoms with Gasteiger partial charge in [-0.25, -0.2) is 4.90 Å². The fourth-order valence-corrected chi connectivity index (χ4v) is 3.52. The molecule has 0 radical (unpaired) electrons. The molecule has 0 saturated carbocycles. The SMILES string of the molecule is CCOc1ccc(C2=C(N(C)CCO)C(=O)N(c3ccc(C(C)C)cc3)C2=O)cc1. The van der Waals surface area contributed by atoms with Gasteiger partial charge in [-0.1, -0.05) is 38.1 Å². The summed E-state index contributed by atoms with van der Waals surface area (Å²) in [4.78, 5) is 29.5. The molecule has 1 aliphatic rings. The molecular weight excluding hydrogens is 380 g/mol. The molecule has 6 heteroatoms. The Hall–Kier alpha value is -3.12. The molecule has 2 aromatic rings. The first-order chi connectivity index (χ1) is 14.4. The molecule has 1 aliphatic heterocycles. The molecule has 0 fully saturated rings. The van der Waals surface area contributed by atoms with E-state index < -0.39 is 5.91 Å². The zero-order valence-corrected chi connectivity index (χ0v) is 17.9. The van der Waals surface area contributed by atoms with E-state index in [0.717, 1.165) is 5.56 Å². The van der Waals surface area contributed by atoms with Crippen LogP contribution in [0.25, 0.3) is 5.57 Å². The summed E-state index contributed by atoms with van der Waals surface area (Å²) in [7, 11) is 1.71. The molecule has 30 heavy (non-hydrogen) atoms. The Labute approximate surface area is 177 Å². The molecule has 0 aromatic heterocycles. The van der Waals surface area contributed by atoms with Crippen molar-refractivity contribution in [1.82, 2.24) is 4.90 Å². The van der Waals surface area contributed by atoms with Crippen LogP contribution in [0.4, 0.5) is 5.69 Å². The minimum Gasteiger partial charge on any atom is -0.494 e. The van der Waals surface area contributed by atoms with Crippen molar-refractivity contribution in [2.75, 3.05) is 31.7 Å². The summed E-state index contributed by atoms with van der Waals surface area (Å²) < 4.78 is 5.48. The van der Waals surface area contributed by atoms with E-state index in [-0.39, 0.29) is 24.8 Å². The molecular formula is C24H28N2O4. The molecule has 158 valence electrons. The van der Waals surface area contributed by atoms with Crippen LogP contribution >= 0.6 is 0 Å². The minimum atomic E-state index is -0.392. The van der Waals surface area contributed by atoms with Crippen LogP contribution in [0.2, 0.25) is 0 Å². The van der Waals surface area contributed by atoms with E-state index in [1.807, 2.05) is 19.1 Å². The molecule has 2 aromatic carbocycles. The van der Waals surface area contributed by atoms with Crippen molar-refractivity contribution >= 4 is 23.1 Å². The predicted octanol–water partition coefficient (Wildman–Crippen LogP) is 3.42. The first-order valence-electron chi connectivity index (χ1n) is 10.2. The lowest BCUT2D eigenvalue weighted by molar-refractivity contribution is -0.120. The van der Waals surface area contributed by atoms with Gasteiger partial charge in [0, 0.05) is 13.6 Å². The number of nitrogens with zero attached hydrogens (tertiary/aromatic N) is 2. The van der Waals surface area contributed by atoms with Gasteiger partial charge in [0.05, 0.1) is 24.5 Å². The van der Waals surface area contributed by atoms with Gasteiger partial charge in [0.15, 0.2) is 0 Å². The molecule has 0 spiro atoms. The van der Waals surface area contributed by atoms with Crippen LogP contribution in [0.1, 0.15) is 37.8 Å². The van der Waals surface area contributed by atoms with Gasteiger partial charge in [-0.15, -0.1) is 0 Å². The third-order valence-electron chi connectivity index (χ3n) is 5.15. The third-order valence-corrected chi connectivity index (χ3v) is 5.15. The fourth-order valence-electron chi connectivity index (χ4n) is 3.52. The number of anilines is 1. The van der Waals surface area contributed by atoms with Crippen molar-refractivity contribution in [3.63, 3.8) is 0 Å². The number of rotatable bonds is 8. The lowest BCUT2D eigenvalue weighted by atomic mass is 10.0. The number of hydrogen-bond acceptors (Lipinski definition) is 5. The van der Waals surface area contributed by atoms with Crippen LogP contribution < -0.4 is 9.64 Å². The van der Waals surface area contributed by atoms with Gasteiger partial charge in [-0.2, -0.15) is 0 Å². The average molecular weight is 408 g/mol. The quantitative estimate of drug-likeness (QED) is 0.678. The van der Waals surface area contributed by atoms with Crippen molar-refractivity contribution in [2.24, 2.45) is 0 Å². The molecule has 0 atom stereocenters. The third kappa shape index (κ3) is 4.09. The van der Waals surface area contributed by atoms with Gasteiger partial charge in [0.25, 0.3) is 11.8 Å². The van der Waals surface area contributed by atoms with Crippen molar-refractivity contribution < 1.29 is 19.4 Å². The van der Waals surface area contributed by atoms with Crippen molar-refractivity contribution in [1.29, 1.82) is 0 Å². The predicted molar refractivity (Wildman–Crippen MR) is 117 cm³/mol. The summed E-state index contributed by atoms with van der Waals surface area (Å²) in [5.74, 6) is 0.288. The monoisotopic (exact) mass is 408 g/mol. The van der Waals surface area contributed by atoms with Crippen LogP contribution in [0.3, 0.4) is 0 Å². The smallest absolute Gasteiger partial charge is 0.282 e. The Kier molecular flexibility index (Phi) is 6.57. The van der Waals surface area contributed by atoms with E-state index in [1.54, 1.807) is 48.3 Å². The molecule has 6 nitrogen and oxygen atoms in total. The van der Waals surface area contributed by atoms with Crippen LogP contribution in [0.5, 0.6) is 5.75 Å². The number of likely N-dealkylation sites (N-methyl/N-ethyl adjacent to an activating group) is 1. The second-order valence-corrected chi connectivity index (χ2v) is 7.52. The van der Waals surface area contributed by atoms with Gasteiger partial charge in [0.1, 0.15) is 11.4 Å². The van der Waals surface area contributed by atoms with Crippen molar-refractivity contribution in [3.05, 3.63) is 65.4 Å². The van der Waals surface area contributed by atoms with Crippen molar-refractivity contribution in [2.45, 2.75) is 26.7 Å². The summed E-state index contributed by atoms with van der Waals surface area (Å²) >= 11 is 0. The lowest BCUT2D eigenvalue weighted by Gasteiger charge is -2.20. The highest BCUT2D eigenvalue weighted by Gasteiger charge is 2.41. The highest BCUT2D eigenvalue weighted by atomic mass is 16.5. The molecule has 0 aliphatic carbocycles. The molecule has 0 saturated heterocycles. The summed E-state index contributed by atoms with van der Waals surface area (Å²) in [5.41, 5.74) is 2.91. The molecule has 0 bridgehead atoms. The molecule has 1 heterocycles. The Bertz CT molecular complexity index is 946. The van der Waals surface area contributed by atoms with Crippen molar-refractivity contribution in [3.8, 4) is 5.75 Å². The lowest BCUT2D eigenvalue weighted by Crippen LogP contribution is -2.34. The number of amides is 2. The normalized spacial score (nSPS) is 14.1.